The van der Waals surface area contributed by atoms with Crippen LogP contribution in [0.1, 0.15) is 16.0 Å². The summed E-state index contributed by atoms with van der Waals surface area (Å²) in [4.78, 5) is 3.59. The molecule has 0 atom stereocenters. The predicted molar refractivity (Wildman–Crippen MR) is 105 cm³/mol. The Hall–Kier alpha value is -1.72. The molecule has 1 aromatic heterocycles. The smallest absolute Gasteiger partial charge is 0.118 e. The largest absolute Gasteiger partial charge is 0.493 e. The van der Waals surface area contributed by atoms with Crippen LogP contribution in [0.25, 0.3) is 0 Å². The number of nitrogen functional groups attached to an aromatic ring is 1. The van der Waals surface area contributed by atoms with Crippen molar-refractivity contribution in [2.75, 3.05) is 18.9 Å². The average molecular weight is 405 g/mol. The summed E-state index contributed by atoms with van der Waals surface area (Å²) in [6.07, 6.45) is 7.20. The number of hydrogen-bond donors (Lipinski definition) is 1. The van der Waals surface area contributed by atoms with Crippen LogP contribution in [0.4, 0.5) is 5.69 Å². The number of ether oxygens (including phenoxy) is 1. The van der Waals surface area contributed by atoms with E-state index in [9.17, 15) is 0 Å². The normalized spacial score (nSPS) is 13.9. The molecule has 0 saturated heterocycles. The highest BCUT2D eigenvalue weighted by atomic mass is 79.9. The molecule has 24 heavy (non-hydrogen) atoms. The number of halogens is 1. The average Bonchev–Trinajstić information content (AvgIpc) is 2.99. The first-order valence-electron chi connectivity index (χ1n) is 7.94. The lowest BCUT2D eigenvalue weighted by Crippen LogP contribution is -2.20. The third-order valence-electron chi connectivity index (χ3n) is 4.08. The molecule has 3 rings (SSSR count). The first-order valence-corrected chi connectivity index (χ1v) is 9.61. The minimum Gasteiger partial charge on any atom is -0.493 e. The molecule has 1 aliphatic heterocycles. The van der Waals surface area contributed by atoms with E-state index in [2.05, 4.69) is 57.5 Å². The Morgan fingerprint density at radius 2 is 2.25 bits per heavy atom. The number of hydrogen-bond acceptors (Lipinski definition) is 4. The van der Waals surface area contributed by atoms with E-state index in [1.54, 1.807) is 11.3 Å². The van der Waals surface area contributed by atoms with E-state index in [4.69, 9.17) is 10.5 Å². The van der Waals surface area contributed by atoms with Crippen LogP contribution in [0.3, 0.4) is 0 Å². The zero-order valence-corrected chi connectivity index (χ0v) is 16.1. The van der Waals surface area contributed by atoms with Crippen molar-refractivity contribution >= 4 is 33.0 Å². The van der Waals surface area contributed by atoms with Crippen LogP contribution in [-0.2, 0) is 17.7 Å². The van der Waals surface area contributed by atoms with Gasteiger partial charge in [-0.05, 0) is 58.3 Å². The van der Waals surface area contributed by atoms with Crippen LogP contribution >= 0.6 is 27.3 Å². The van der Waals surface area contributed by atoms with Crippen molar-refractivity contribution in [1.82, 2.24) is 4.90 Å². The second-order valence-electron chi connectivity index (χ2n) is 5.81. The summed E-state index contributed by atoms with van der Waals surface area (Å²) in [5.74, 6) is 0.950. The molecule has 0 amide bonds. The monoisotopic (exact) mass is 404 g/mol. The van der Waals surface area contributed by atoms with Crippen LogP contribution in [-0.4, -0.2) is 18.1 Å². The number of thiophene rings is 1. The molecule has 1 aliphatic rings. The van der Waals surface area contributed by atoms with E-state index in [1.165, 1.54) is 16.0 Å². The molecule has 0 aliphatic carbocycles. The van der Waals surface area contributed by atoms with E-state index >= 15 is 0 Å². The fourth-order valence-electron chi connectivity index (χ4n) is 2.59. The molecule has 5 heteroatoms. The van der Waals surface area contributed by atoms with Gasteiger partial charge in [-0.2, -0.15) is 0 Å². The minimum absolute atomic E-state index is 0.706. The number of rotatable bonds is 6. The Labute approximate surface area is 155 Å². The highest BCUT2D eigenvalue weighted by Gasteiger charge is 2.09. The Bertz CT molecular complexity index is 766. The van der Waals surface area contributed by atoms with Gasteiger partial charge in [-0.25, -0.2) is 0 Å². The highest BCUT2D eigenvalue weighted by molar-refractivity contribution is 9.10. The minimum atomic E-state index is 0.706. The molecule has 0 radical (unpaired) electrons. The van der Waals surface area contributed by atoms with E-state index in [0.717, 1.165) is 35.4 Å². The van der Waals surface area contributed by atoms with Gasteiger partial charge in [-0.3, -0.25) is 0 Å². The first-order chi connectivity index (χ1) is 11.6. The lowest BCUT2D eigenvalue weighted by atomic mass is 10.1. The van der Waals surface area contributed by atoms with Gasteiger partial charge in [0.25, 0.3) is 0 Å². The van der Waals surface area contributed by atoms with Crippen LogP contribution in [0, 0.1) is 6.92 Å². The summed E-state index contributed by atoms with van der Waals surface area (Å²) in [5, 5.41) is 2.10. The van der Waals surface area contributed by atoms with E-state index in [-0.39, 0.29) is 0 Å². The van der Waals surface area contributed by atoms with Crippen molar-refractivity contribution in [3.63, 3.8) is 0 Å². The number of nitrogens with two attached hydrogens (primary N) is 1. The van der Waals surface area contributed by atoms with Gasteiger partial charge in [0.1, 0.15) is 5.76 Å². The van der Waals surface area contributed by atoms with E-state index in [1.807, 2.05) is 18.2 Å². The zero-order chi connectivity index (χ0) is 16.9. The van der Waals surface area contributed by atoms with E-state index < -0.39 is 0 Å². The van der Waals surface area contributed by atoms with E-state index in [0.29, 0.717) is 6.61 Å². The molecule has 0 saturated carbocycles. The third kappa shape index (κ3) is 4.42. The molecular formula is C19H21BrN2OS. The molecule has 0 unspecified atom stereocenters. The number of benzene rings is 1. The fourth-order valence-corrected chi connectivity index (χ4v) is 4.02. The third-order valence-corrected chi connectivity index (χ3v) is 5.83. The van der Waals surface area contributed by atoms with Crippen molar-refractivity contribution in [2.45, 2.75) is 19.9 Å². The van der Waals surface area contributed by atoms with Gasteiger partial charge in [-0.1, -0.05) is 12.1 Å². The van der Waals surface area contributed by atoms with Gasteiger partial charge in [-0.15, -0.1) is 11.3 Å². The SMILES string of the molecule is Cc1c(N)cccc1CN1C=CC(OCCc2cc(Br)cs2)=CC1. The molecule has 1 aromatic carbocycles. The van der Waals surface area contributed by atoms with Gasteiger partial charge in [0.05, 0.1) is 6.61 Å². The van der Waals surface area contributed by atoms with Crippen molar-refractivity contribution in [3.05, 3.63) is 74.2 Å². The summed E-state index contributed by atoms with van der Waals surface area (Å²) in [7, 11) is 0. The van der Waals surface area contributed by atoms with Crippen molar-refractivity contribution < 1.29 is 4.74 Å². The van der Waals surface area contributed by atoms with Gasteiger partial charge in [0.15, 0.2) is 0 Å². The summed E-state index contributed by atoms with van der Waals surface area (Å²) in [6.45, 7) is 4.49. The van der Waals surface area contributed by atoms with Gasteiger partial charge < -0.3 is 15.4 Å². The summed E-state index contributed by atoms with van der Waals surface area (Å²) in [5.41, 5.74) is 9.27. The zero-order valence-electron chi connectivity index (χ0n) is 13.7. The number of allylic oxidation sites excluding steroid dienone is 1. The maximum Gasteiger partial charge on any atom is 0.118 e. The topological polar surface area (TPSA) is 38.5 Å². The summed E-state index contributed by atoms with van der Waals surface area (Å²) >= 11 is 5.23. The fraction of sp³-hybridized carbons (Fsp3) is 0.263. The van der Waals surface area contributed by atoms with Crippen molar-refractivity contribution in [3.8, 4) is 0 Å². The summed E-state index contributed by atoms with van der Waals surface area (Å²) in [6, 6.07) is 8.24. The molecular weight excluding hydrogens is 384 g/mol. The molecule has 2 N–H and O–H groups in total. The number of nitrogens with zero attached hydrogens (tertiary/aromatic N) is 1. The Balaban J connectivity index is 1.47. The lowest BCUT2D eigenvalue weighted by molar-refractivity contribution is 0.221. The quantitative estimate of drug-likeness (QED) is 0.697. The lowest BCUT2D eigenvalue weighted by Gasteiger charge is -2.24. The van der Waals surface area contributed by atoms with Gasteiger partial charge >= 0.3 is 0 Å². The second-order valence-corrected chi connectivity index (χ2v) is 7.72. The second kappa shape index (κ2) is 7.90. The Morgan fingerprint density at radius 3 is 2.96 bits per heavy atom. The molecule has 2 aromatic rings. The molecule has 0 fully saturated rings. The molecule has 2 heterocycles. The van der Waals surface area contributed by atoms with Crippen molar-refractivity contribution in [2.24, 2.45) is 0 Å². The molecule has 3 nitrogen and oxygen atoms in total. The number of anilines is 1. The maximum atomic E-state index is 5.98. The van der Waals surface area contributed by atoms with Crippen LogP contribution in [0.5, 0.6) is 0 Å². The maximum absolute atomic E-state index is 5.98. The van der Waals surface area contributed by atoms with Crippen LogP contribution in [0.2, 0.25) is 0 Å². The standard InChI is InChI=1S/C19H21BrN2OS/c1-14-15(3-2-4-19(14)21)12-22-8-5-17(6-9-22)23-10-7-18-11-16(20)13-24-18/h2-6,8,11,13H,7,9-10,12,21H2,1H3. The molecule has 0 bridgehead atoms. The van der Waals surface area contributed by atoms with Crippen LogP contribution < -0.4 is 5.73 Å². The molecule has 0 spiro atoms. The Kier molecular flexibility index (Phi) is 5.63. The molecule has 126 valence electrons. The predicted octanol–water partition coefficient (Wildman–Crippen LogP) is 4.87. The van der Waals surface area contributed by atoms with Crippen LogP contribution in [0.15, 0.2) is 58.2 Å². The van der Waals surface area contributed by atoms with Crippen molar-refractivity contribution in [1.29, 1.82) is 0 Å². The summed E-state index contributed by atoms with van der Waals surface area (Å²) < 4.78 is 7.00. The van der Waals surface area contributed by atoms with Gasteiger partial charge in [0.2, 0.25) is 0 Å². The highest BCUT2D eigenvalue weighted by Crippen LogP contribution is 2.21. The first kappa shape index (κ1) is 17.1. The van der Waals surface area contributed by atoms with Gasteiger partial charge in [0, 0.05) is 46.1 Å². The Morgan fingerprint density at radius 1 is 1.38 bits per heavy atom.